The lowest BCUT2D eigenvalue weighted by Gasteiger charge is -2.06. The summed E-state index contributed by atoms with van der Waals surface area (Å²) < 4.78 is 22.5. The number of hydrogen-bond acceptors (Lipinski definition) is 6. The number of fused-ring (bicyclic) bond motifs is 2. The molecule has 4 aromatic rings. The molecule has 3 aromatic heterocycles. The molecule has 0 N–H and O–H groups in total. The fourth-order valence-electron chi connectivity index (χ4n) is 4.65. The van der Waals surface area contributed by atoms with Crippen LogP contribution in [0.4, 0.5) is 4.39 Å². The molecule has 8 nitrogen and oxygen atoms in total. The molecule has 2 aliphatic carbocycles. The number of rotatable bonds is 4. The largest absolute Gasteiger partial charge is 0.337 e. The van der Waals surface area contributed by atoms with E-state index >= 15 is 0 Å². The molecule has 158 valence electrons. The van der Waals surface area contributed by atoms with Crippen LogP contribution in [0.25, 0.3) is 16.7 Å². The Kier molecular flexibility index (Phi) is 3.92. The zero-order chi connectivity index (χ0) is 22.0. The van der Waals surface area contributed by atoms with Crippen molar-refractivity contribution in [2.45, 2.75) is 18.9 Å². The quantitative estimate of drug-likeness (QED) is 0.464. The second kappa shape index (κ2) is 6.72. The normalized spacial score (nSPS) is 21.4. The monoisotopic (exact) mass is 428 g/mol. The Labute approximate surface area is 181 Å². The average Bonchev–Trinajstić information content (AvgIpc) is 3.21. The van der Waals surface area contributed by atoms with Crippen molar-refractivity contribution in [3.8, 4) is 12.3 Å². The van der Waals surface area contributed by atoms with E-state index in [2.05, 4.69) is 32.1 Å². The molecule has 0 aliphatic heterocycles. The lowest BCUT2D eigenvalue weighted by atomic mass is 9.99. The van der Waals surface area contributed by atoms with Crippen LogP contribution in [0, 0.1) is 30.0 Å². The molecule has 3 unspecified atom stereocenters. The first kappa shape index (κ1) is 18.7. The Morgan fingerprint density at radius 2 is 2.16 bits per heavy atom. The molecule has 0 amide bonds. The number of terminal acetylenes is 1. The first-order valence-corrected chi connectivity index (χ1v) is 10.2. The van der Waals surface area contributed by atoms with Crippen LogP contribution < -0.4 is 5.56 Å². The van der Waals surface area contributed by atoms with E-state index in [0.29, 0.717) is 34.7 Å². The van der Waals surface area contributed by atoms with Crippen molar-refractivity contribution in [2.24, 2.45) is 18.9 Å². The highest BCUT2D eigenvalue weighted by atomic mass is 19.1. The summed E-state index contributed by atoms with van der Waals surface area (Å²) in [6.07, 6.45) is 11.3. The number of hydrogen-bond donors (Lipinski definition) is 0. The van der Waals surface area contributed by atoms with Crippen LogP contribution in [0.2, 0.25) is 0 Å². The molecule has 32 heavy (non-hydrogen) atoms. The van der Waals surface area contributed by atoms with E-state index in [-0.39, 0.29) is 29.4 Å². The van der Waals surface area contributed by atoms with Gasteiger partial charge in [-0.25, -0.2) is 14.4 Å². The molecule has 0 radical (unpaired) electrons. The number of benzene rings is 1. The highest BCUT2D eigenvalue weighted by molar-refractivity contribution is 5.71. The predicted molar refractivity (Wildman–Crippen MR) is 113 cm³/mol. The van der Waals surface area contributed by atoms with Gasteiger partial charge in [0.05, 0.1) is 11.9 Å². The van der Waals surface area contributed by atoms with Gasteiger partial charge in [0.1, 0.15) is 18.7 Å². The van der Waals surface area contributed by atoms with Gasteiger partial charge in [0.25, 0.3) is 5.56 Å². The number of aryl methyl sites for hydroxylation is 1. The molecule has 2 aliphatic rings. The van der Waals surface area contributed by atoms with Crippen molar-refractivity contribution in [1.82, 2.24) is 29.2 Å². The van der Waals surface area contributed by atoms with Crippen molar-refractivity contribution in [1.29, 1.82) is 0 Å². The summed E-state index contributed by atoms with van der Waals surface area (Å²) >= 11 is 0. The van der Waals surface area contributed by atoms with Crippen LogP contribution in [0.1, 0.15) is 35.2 Å². The van der Waals surface area contributed by atoms with E-state index in [4.69, 9.17) is 10.9 Å². The summed E-state index contributed by atoms with van der Waals surface area (Å²) in [7, 11) is 1.75. The predicted octanol–water partition coefficient (Wildman–Crippen LogP) is 2.50. The van der Waals surface area contributed by atoms with E-state index in [1.165, 1.54) is 17.0 Å². The summed E-state index contributed by atoms with van der Waals surface area (Å²) in [5.74, 6) is 3.82. The first-order valence-electron chi connectivity index (χ1n) is 10.2. The number of halogens is 1. The van der Waals surface area contributed by atoms with Crippen molar-refractivity contribution in [2.75, 3.05) is 0 Å². The Morgan fingerprint density at radius 3 is 2.91 bits per heavy atom. The molecule has 0 spiro atoms. The Balaban J connectivity index is 1.19. The zero-order valence-corrected chi connectivity index (χ0v) is 17.1. The average molecular weight is 428 g/mol. The number of aromatic nitrogens is 6. The Morgan fingerprint density at radius 1 is 1.31 bits per heavy atom. The highest BCUT2D eigenvalue weighted by Gasteiger charge is 2.55. The van der Waals surface area contributed by atoms with Crippen molar-refractivity contribution >= 4 is 16.7 Å². The number of imidazole rings is 1. The summed E-state index contributed by atoms with van der Waals surface area (Å²) in [5.41, 5.74) is 2.86. The maximum atomic E-state index is 14.0. The molecule has 3 heterocycles. The van der Waals surface area contributed by atoms with E-state index in [1.807, 2.05) is 6.07 Å². The smallest absolute Gasteiger partial charge is 0.280 e. The standard InChI is InChI=1S/C23H17FN6O2/c1-3-12-4-5-13(8-17(12)24)14-6-15-16(7-14)19(15)21-27-18(32-28-21)9-30-11-26-22-20(23(30)31)29(2)10-25-22/h1,4-6,8,10-11,15-16,19H,7,9H2,2H3. The van der Waals surface area contributed by atoms with Gasteiger partial charge in [-0.2, -0.15) is 4.98 Å². The minimum atomic E-state index is -0.375. The summed E-state index contributed by atoms with van der Waals surface area (Å²) in [6.45, 7) is 0.143. The molecule has 9 heteroatoms. The lowest BCUT2D eigenvalue weighted by molar-refractivity contribution is 0.364. The third-order valence-corrected chi connectivity index (χ3v) is 6.36. The van der Waals surface area contributed by atoms with Crippen molar-refractivity contribution in [3.63, 3.8) is 0 Å². The van der Waals surface area contributed by atoms with Crippen LogP contribution in [-0.2, 0) is 13.6 Å². The van der Waals surface area contributed by atoms with Crippen LogP contribution in [-0.4, -0.2) is 29.2 Å². The molecular weight excluding hydrogens is 411 g/mol. The van der Waals surface area contributed by atoms with Crippen molar-refractivity contribution < 1.29 is 8.91 Å². The zero-order valence-electron chi connectivity index (χ0n) is 17.1. The topological polar surface area (TPSA) is 91.6 Å². The second-order valence-corrected chi connectivity index (χ2v) is 8.25. The Bertz CT molecular complexity index is 1520. The van der Waals surface area contributed by atoms with Gasteiger partial charge in [0.15, 0.2) is 17.0 Å². The highest BCUT2D eigenvalue weighted by Crippen LogP contribution is 2.62. The van der Waals surface area contributed by atoms with Gasteiger partial charge < -0.3 is 9.09 Å². The minimum absolute atomic E-state index is 0.143. The van der Waals surface area contributed by atoms with Gasteiger partial charge in [-0.1, -0.05) is 23.2 Å². The Hall–Kier alpha value is -4.06. The van der Waals surface area contributed by atoms with Gasteiger partial charge >= 0.3 is 0 Å². The second-order valence-electron chi connectivity index (χ2n) is 8.25. The van der Waals surface area contributed by atoms with Crippen molar-refractivity contribution in [3.05, 3.63) is 75.9 Å². The van der Waals surface area contributed by atoms with E-state index in [9.17, 15) is 9.18 Å². The van der Waals surface area contributed by atoms with E-state index in [1.54, 1.807) is 24.0 Å². The van der Waals surface area contributed by atoms with Gasteiger partial charge in [-0.05, 0) is 41.5 Å². The third kappa shape index (κ3) is 2.80. The maximum absolute atomic E-state index is 14.0. The van der Waals surface area contributed by atoms with Crippen LogP contribution in [0.15, 0.2) is 46.2 Å². The van der Waals surface area contributed by atoms with E-state index in [0.717, 1.165) is 17.6 Å². The summed E-state index contributed by atoms with van der Waals surface area (Å²) in [5, 5.41) is 4.14. The van der Waals surface area contributed by atoms with Crippen LogP contribution in [0.3, 0.4) is 0 Å². The minimum Gasteiger partial charge on any atom is -0.337 e. The number of allylic oxidation sites excluding steroid dienone is 2. The molecule has 3 atom stereocenters. The molecule has 0 saturated heterocycles. The van der Waals surface area contributed by atoms with Gasteiger partial charge in [0.2, 0.25) is 5.89 Å². The van der Waals surface area contributed by atoms with Gasteiger partial charge in [-0.15, -0.1) is 6.42 Å². The SMILES string of the molecule is C#Cc1ccc(C2=CC3C(C2)C3c2noc(Cn3cnc4ncn(C)c4c3=O)n2)cc1F. The summed E-state index contributed by atoms with van der Waals surface area (Å²) in [6, 6.07) is 5.00. The van der Waals surface area contributed by atoms with Gasteiger partial charge in [-0.3, -0.25) is 9.36 Å². The molecule has 1 saturated carbocycles. The molecule has 0 bridgehead atoms. The molecule has 6 rings (SSSR count). The third-order valence-electron chi connectivity index (χ3n) is 6.36. The fourth-order valence-corrected chi connectivity index (χ4v) is 4.65. The molecule has 1 fully saturated rings. The fraction of sp³-hybridized carbons (Fsp3) is 0.261. The molecule has 1 aromatic carbocycles. The molecular formula is C23H17FN6O2. The van der Waals surface area contributed by atoms with Crippen LogP contribution in [0.5, 0.6) is 0 Å². The summed E-state index contributed by atoms with van der Waals surface area (Å²) in [4.78, 5) is 25.5. The van der Waals surface area contributed by atoms with E-state index < -0.39 is 0 Å². The van der Waals surface area contributed by atoms with Crippen LogP contribution >= 0.6 is 0 Å². The number of nitrogens with zero attached hydrogens (tertiary/aromatic N) is 6. The van der Waals surface area contributed by atoms with Gasteiger partial charge in [0, 0.05) is 13.0 Å². The maximum Gasteiger partial charge on any atom is 0.280 e. The lowest BCUT2D eigenvalue weighted by Crippen LogP contribution is -2.22. The first-order chi connectivity index (χ1) is 15.5.